The monoisotopic (exact) mass is 189 g/mol. The van der Waals surface area contributed by atoms with E-state index in [2.05, 4.69) is 16.4 Å². The predicted octanol–water partition coefficient (Wildman–Crippen LogP) is 1.78. The summed E-state index contributed by atoms with van der Waals surface area (Å²) in [5.74, 6) is 0. The average Bonchev–Trinajstić information content (AvgIpc) is 2.22. The summed E-state index contributed by atoms with van der Waals surface area (Å²) in [6.07, 6.45) is 2.67. The van der Waals surface area contributed by atoms with Crippen molar-refractivity contribution in [2.45, 2.75) is 32.9 Å². The van der Waals surface area contributed by atoms with Gasteiger partial charge in [0.25, 0.3) is 0 Å². The third kappa shape index (κ3) is 3.15. The van der Waals surface area contributed by atoms with Gasteiger partial charge in [-0.3, -0.25) is 10.3 Å². The molecule has 0 fully saturated rings. The second-order valence-electron chi connectivity index (χ2n) is 3.28. The van der Waals surface area contributed by atoms with Crippen molar-refractivity contribution in [2.75, 3.05) is 0 Å². The van der Waals surface area contributed by atoms with E-state index >= 15 is 0 Å². The Labute approximate surface area is 84.8 Å². The fourth-order valence-electron chi connectivity index (χ4n) is 1.13. The second-order valence-corrected chi connectivity index (χ2v) is 3.28. The summed E-state index contributed by atoms with van der Waals surface area (Å²) in [5.41, 5.74) is 2.13. The molecule has 1 unspecified atom stereocenters. The first-order valence-corrected chi connectivity index (χ1v) is 4.80. The van der Waals surface area contributed by atoms with E-state index in [1.54, 1.807) is 0 Å². The van der Waals surface area contributed by atoms with Crippen LogP contribution in [0.25, 0.3) is 0 Å². The van der Waals surface area contributed by atoms with E-state index < -0.39 is 0 Å². The van der Waals surface area contributed by atoms with Crippen LogP contribution in [0.15, 0.2) is 18.3 Å². The Morgan fingerprint density at radius 3 is 2.86 bits per heavy atom. The molecule has 14 heavy (non-hydrogen) atoms. The molecule has 0 saturated carbocycles. The maximum absolute atomic E-state index is 8.72. The zero-order valence-electron chi connectivity index (χ0n) is 8.62. The van der Waals surface area contributed by atoms with E-state index in [0.29, 0.717) is 6.54 Å². The minimum Gasteiger partial charge on any atom is -0.298 e. The van der Waals surface area contributed by atoms with Crippen molar-refractivity contribution in [3.8, 4) is 6.07 Å². The average molecular weight is 189 g/mol. The molecule has 0 aliphatic heterocycles. The van der Waals surface area contributed by atoms with Gasteiger partial charge in [-0.1, -0.05) is 13.0 Å². The number of aromatic nitrogens is 1. The highest BCUT2D eigenvalue weighted by Gasteiger charge is 2.02. The molecule has 0 radical (unpaired) electrons. The van der Waals surface area contributed by atoms with E-state index in [9.17, 15) is 0 Å². The highest BCUT2D eigenvalue weighted by Crippen LogP contribution is 1.99. The van der Waals surface area contributed by atoms with Crippen LogP contribution in [0.2, 0.25) is 0 Å². The van der Waals surface area contributed by atoms with Crippen molar-refractivity contribution in [1.29, 1.82) is 5.26 Å². The van der Waals surface area contributed by atoms with Gasteiger partial charge in [-0.2, -0.15) is 5.26 Å². The van der Waals surface area contributed by atoms with Crippen LogP contribution in [0.5, 0.6) is 0 Å². The molecule has 1 aromatic rings. The summed E-state index contributed by atoms with van der Waals surface area (Å²) in [4.78, 5) is 4.19. The number of nitrogens with zero attached hydrogens (tertiary/aromatic N) is 2. The first kappa shape index (κ1) is 10.7. The smallest absolute Gasteiger partial charge is 0.0952 e. The fourth-order valence-corrected chi connectivity index (χ4v) is 1.13. The third-order valence-corrected chi connectivity index (χ3v) is 2.09. The highest BCUT2D eigenvalue weighted by atomic mass is 14.9. The first-order valence-electron chi connectivity index (χ1n) is 4.80. The lowest BCUT2D eigenvalue weighted by molar-refractivity contribution is 0.586. The van der Waals surface area contributed by atoms with Crippen molar-refractivity contribution >= 4 is 0 Å². The number of rotatable bonds is 4. The van der Waals surface area contributed by atoms with Gasteiger partial charge in [0, 0.05) is 18.4 Å². The summed E-state index contributed by atoms with van der Waals surface area (Å²) in [5, 5.41) is 11.9. The van der Waals surface area contributed by atoms with Crippen molar-refractivity contribution in [3.63, 3.8) is 0 Å². The van der Waals surface area contributed by atoms with Crippen LogP contribution < -0.4 is 5.32 Å². The number of nitriles is 1. The SMILES string of the molecule is CCC(C#N)NCc1ccc(C)nc1. The molecule has 0 aliphatic carbocycles. The van der Waals surface area contributed by atoms with Crippen LogP contribution in [-0.4, -0.2) is 11.0 Å². The Balaban J connectivity index is 2.46. The van der Waals surface area contributed by atoms with Gasteiger partial charge in [-0.25, -0.2) is 0 Å². The number of nitrogens with one attached hydrogen (secondary N) is 1. The second kappa shape index (κ2) is 5.36. The van der Waals surface area contributed by atoms with Gasteiger partial charge in [0.05, 0.1) is 12.1 Å². The zero-order chi connectivity index (χ0) is 10.4. The Kier molecular flexibility index (Phi) is 4.09. The molecule has 1 rings (SSSR count). The van der Waals surface area contributed by atoms with Gasteiger partial charge in [-0.05, 0) is 25.0 Å². The minimum atomic E-state index is -0.0590. The van der Waals surface area contributed by atoms with Crippen molar-refractivity contribution in [3.05, 3.63) is 29.6 Å². The number of aryl methyl sites for hydroxylation is 1. The highest BCUT2D eigenvalue weighted by molar-refractivity contribution is 5.13. The largest absolute Gasteiger partial charge is 0.298 e. The molecule has 0 spiro atoms. The van der Waals surface area contributed by atoms with Crippen LogP contribution >= 0.6 is 0 Å². The molecule has 0 amide bonds. The van der Waals surface area contributed by atoms with E-state index in [1.807, 2.05) is 32.2 Å². The van der Waals surface area contributed by atoms with Gasteiger partial charge in [-0.15, -0.1) is 0 Å². The van der Waals surface area contributed by atoms with Crippen LogP contribution in [0.1, 0.15) is 24.6 Å². The molecule has 0 saturated heterocycles. The maximum atomic E-state index is 8.72. The molecule has 1 atom stereocenters. The van der Waals surface area contributed by atoms with Gasteiger partial charge in [0.1, 0.15) is 0 Å². The summed E-state index contributed by atoms with van der Waals surface area (Å²) >= 11 is 0. The standard InChI is InChI=1S/C11H15N3/c1-3-11(6-12)14-8-10-5-4-9(2)13-7-10/h4-5,7,11,14H,3,8H2,1-2H3. The number of hydrogen-bond acceptors (Lipinski definition) is 3. The molecular weight excluding hydrogens is 174 g/mol. The zero-order valence-corrected chi connectivity index (χ0v) is 8.62. The first-order chi connectivity index (χ1) is 6.76. The Bertz CT molecular complexity index is 310. The van der Waals surface area contributed by atoms with Gasteiger partial charge in [0.2, 0.25) is 0 Å². The lowest BCUT2D eigenvalue weighted by Crippen LogP contribution is -2.26. The molecule has 3 heteroatoms. The van der Waals surface area contributed by atoms with E-state index in [0.717, 1.165) is 17.7 Å². The predicted molar refractivity (Wildman–Crippen MR) is 55.5 cm³/mol. The van der Waals surface area contributed by atoms with Gasteiger partial charge >= 0.3 is 0 Å². The van der Waals surface area contributed by atoms with Crippen molar-refractivity contribution < 1.29 is 0 Å². The van der Waals surface area contributed by atoms with Gasteiger partial charge < -0.3 is 0 Å². The van der Waals surface area contributed by atoms with Crippen LogP contribution in [0.4, 0.5) is 0 Å². The summed E-state index contributed by atoms with van der Waals surface area (Å²) in [7, 11) is 0. The minimum absolute atomic E-state index is 0.0590. The van der Waals surface area contributed by atoms with Crippen molar-refractivity contribution in [1.82, 2.24) is 10.3 Å². The summed E-state index contributed by atoms with van der Waals surface area (Å²) in [6, 6.07) is 6.15. The topological polar surface area (TPSA) is 48.7 Å². The van der Waals surface area contributed by atoms with Crippen molar-refractivity contribution in [2.24, 2.45) is 0 Å². The lowest BCUT2D eigenvalue weighted by atomic mass is 10.2. The van der Waals surface area contributed by atoms with Crippen LogP contribution in [0, 0.1) is 18.3 Å². The molecule has 3 nitrogen and oxygen atoms in total. The molecule has 0 aliphatic rings. The summed E-state index contributed by atoms with van der Waals surface area (Å²) < 4.78 is 0. The van der Waals surface area contributed by atoms with Crippen LogP contribution in [0.3, 0.4) is 0 Å². The molecular formula is C11H15N3. The molecule has 74 valence electrons. The van der Waals surface area contributed by atoms with Crippen LogP contribution in [-0.2, 0) is 6.54 Å². The Morgan fingerprint density at radius 1 is 1.57 bits per heavy atom. The normalized spacial score (nSPS) is 12.1. The quantitative estimate of drug-likeness (QED) is 0.785. The molecule has 0 aromatic carbocycles. The lowest BCUT2D eigenvalue weighted by Gasteiger charge is -2.08. The van der Waals surface area contributed by atoms with E-state index in [-0.39, 0.29) is 6.04 Å². The Hall–Kier alpha value is -1.40. The summed E-state index contributed by atoms with van der Waals surface area (Å²) in [6.45, 7) is 4.66. The molecule has 1 heterocycles. The van der Waals surface area contributed by atoms with Gasteiger partial charge in [0.15, 0.2) is 0 Å². The molecule has 0 bridgehead atoms. The number of pyridine rings is 1. The number of hydrogen-bond donors (Lipinski definition) is 1. The molecule has 1 aromatic heterocycles. The molecule has 1 N–H and O–H groups in total. The third-order valence-electron chi connectivity index (χ3n) is 2.09. The fraction of sp³-hybridized carbons (Fsp3) is 0.455. The van der Waals surface area contributed by atoms with E-state index in [4.69, 9.17) is 5.26 Å². The Morgan fingerprint density at radius 2 is 2.36 bits per heavy atom. The maximum Gasteiger partial charge on any atom is 0.0952 e. The van der Waals surface area contributed by atoms with E-state index in [1.165, 1.54) is 0 Å².